The first kappa shape index (κ1) is 14.9. The second kappa shape index (κ2) is 5.61. The highest BCUT2D eigenvalue weighted by Gasteiger charge is 2.35. The summed E-state index contributed by atoms with van der Waals surface area (Å²) < 4.78 is 9.91. The number of hydrogen-bond donors (Lipinski definition) is 0. The second-order valence-corrected chi connectivity index (χ2v) is 6.41. The highest BCUT2D eigenvalue weighted by molar-refractivity contribution is 6.20. The lowest BCUT2D eigenvalue weighted by Crippen LogP contribution is -2.34. The monoisotopic (exact) mass is 310 g/mol. The standard InChI is InChI=1S/C15H23ClN4O/c1-5-12-13-15(19(4)18-12)20(14(17-13)9(3)16)10-7-11(8-10)21-6-2/h9-11H,5-8H2,1-4H3. The van der Waals surface area contributed by atoms with E-state index in [2.05, 4.69) is 16.6 Å². The summed E-state index contributed by atoms with van der Waals surface area (Å²) in [6, 6.07) is 0.419. The van der Waals surface area contributed by atoms with Crippen molar-refractivity contribution in [1.29, 1.82) is 0 Å². The van der Waals surface area contributed by atoms with Gasteiger partial charge in [-0.3, -0.25) is 4.68 Å². The van der Waals surface area contributed by atoms with Gasteiger partial charge in [0.05, 0.1) is 17.2 Å². The first-order valence-corrected chi connectivity index (χ1v) is 8.19. The Labute approximate surface area is 130 Å². The highest BCUT2D eigenvalue weighted by Crippen LogP contribution is 2.40. The van der Waals surface area contributed by atoms with Gasteiger partial charge in [-0.05, 0) is 33.1 Å². The van der Waals surface area contributed by atoms with Gasteiger partial charge in [-0.15, -0.1) is 11.6 Å². The largest absolute Gasteiger partial charge is 0.378 e. The van der Waals surface area contributed by atoms with Crippen LogP contribution in [0.25, 0.3) is 11.2 Å². The Hall–Kier alpha value is -1.07. The maximum absolute atomic E-state index is 6.36. The van der Waals surface area contributed by atoms with Gasteiger partial charge in [-0.2, -0.15) is 5.10 Å². The van der Waals surface area contributed by atoms with Crippen LogP contribution in [0.1, 0.15) is 56.6 Å². The predicted octanol–water partition coefficient (Wildman–Crippen LogP) is 3.37. The van der Waals surface area contributed by atoms with Crippen molar-refractivity contribution in [2.75, 3.05) is 6.61 Å². The van der Waals surface area contributed by atoms with Crippen molar-refractivity contribution in [3.63, 3.8) is 0 Å². The predicted molar refractivity (Wildman–Crippen MR) is 83.8 cm³/mol. The summed E-state index contributed by atoms with van der Waals surface area (Å²) in [5.41, 5.74) is 3.14. The van der Waals surface area contributed by atoms with E-state index in [-0.39, 0.29) is 5.38 Å². The zero-order chi connectivity index (χ0) is 15.1. The van der Waals surface area contributed by atoms with Crippen molar-refractivity contribution >= 4 is 22.8 Å². The smallest absolute Gasteiger partial charge is 0.158 e. The lowest BCUT2D eigenvalue weighted by atomic mass is 9.88. The van der Waals surface area contributed by atoms with Crippen LogP contribution >= 0.6 is 11.6 Å². The van der Waals surface area contributed by atoms with E-state index >= 15 is 0 Å². The number of halogens is 1. The summed E-state index contributed by atoms with van der Waals surface area (Å²) >= 11 is 6.36. The topological polar surface area (TPSA) is 44.9 Å². The van der Waals surface area contributed by atoms with Crippen molar-refractivity contribution in [2.24, 2.45) is 7.05 Å². The molecule has 1 saturated carbocycles. The summed E-state index contributed by atoms with van der Waals surface area (Å²) in [7, 11) is 1.99. The normalized spacial score (nSPS) is 23.5. The lowest BCUT2D eigenvalue weighted by Gasteiger charge is -2.37. The van der Waals surface area contributed by atoms with Crippen LogP contribution in [0.2, 0.25) is 0 Å². The molecule has 1 atom stereocenters. The molecule has 0 aliphatic heterocycles. The number of imidazole rings is 1. The third-order valence-corrected chi connectivity index (χ3v) is 4.49. The van der Waals surface area contributed by atoms with E-state index in [9.17, 15) is 0 Å². The van der Waals surface area contributed by atoms with Gasteiger partial charge in [0.15, 0.2) is 5.65 Å². The average Bonchev–Trinajstić information content (AvgIpc) is 2.92. The molecule has 1 aliphatic carbocycles. The molecule has 0 aromatic carbocycles. The molecule has 0 amide bonds. The van der Waals surface area contributed by atoms with Crippen molar-refractivity contribution in [1.82, 2.24) is 19.3 Å². The van der Waals surface area contributed by atoms with Gasteiger partial charge in [0.1, 0.15) is 11.3 Å². The van der Waals surface area contributed by atoms with E-state index in [1.165, 1.54) is 0 Å². The lowest BCUT2D eigenvalue weighted by molar-refractivity contribution is -0.0195. The number of aryl methyl sites for hydroxylation is 2. The molecule has 2 aromatic rings. The van der Waals surface area contributed by atoms with Crippen molar-refractivity contribution in [3.05, 3.63) is 11.5 Å². The van der Waals surface area contributed by atoms with Gasteiger partial charge >= 0.3 is 0 Å². The summed E-state index contributed by atoms with van der Waals surface area (Å²) in [5.74, 6) is 0.953. The first-order valence-electron chi connectivity index (χ1n) is 7.76. The van der Waals surface area contributed by atoms with E-state index in [1.54, 1.807) is 0 Å². The van der Waals surface area contributed by atoms with E-state index in [0.29, 0.717) is 12.1 Å². The van der Waals surface area contributed by atoms with Crippen LogP contribution < -0.4 is 0 Å². The molecule has 116 valence electrons. The zero-order valence-corrected chi connectivity index (χ0v) is 13.9. The van der Waals surface area contributed by atoms with Crippen LogP contribution in [-0.2, 0) is 18.2 Å². The number of aromatic nitrogens is 4. The van der Waals surface area contributed by atoms with Gasteiger partial charge in [0.25, 0.3) is 0 Å². The number of fused-ring (bicyclic) bond motifs is 1. The molecule has 0 spiro atoms. The molecule has 6 heteroatoms. The molecular formula is C15H23ClN4O. The number of rotatable bonds is 5. The van der Waals surface area contributed by atoms with Crippen LogP contribution in [0.5, 0.6) is 0 Å². The number of hydrogen-bond acceptors (Lipinski definition) is 3. The van der Waals surface area contributed by atoms with Crippen molar-refractivity contribution in [3.8, 4) is 0 Å². The Morgan fingerprint density at radius 1 is 1.38 bits per heavy atom. The van der Waals surface area contributed by atoms with Gasteiger partial charge in [0, 0.05) is 19.7 Å². The Morgan fingerprint density at radius 3 is 2.67 bits per heavy atom. The third-order valence-electron chi connectivity index (χ3n) is 4.29. The molecule has 3 rings (SSSR count). The van der Waals surface area contributed by atoms with Crippen LogP contribution in [0.15, 0.2) is 0 Å². The van der Waals surface area contributed by atoms with Crippen molar-refractivity contribution < 1.29 is 4.74 Å². The molecule has 2 heterocycles. The fourth-order valence-corrected chi connectivity index (χ4v) is 3.37. The Balaban J connectivity index is 2.03. The first-order chi connectivity index (χ1) is 10.1. The molecule has 1 aliphatic rings. The molecule has 1 fully saturated rings. The third kappa shape index (κ3) is 2.36. The highest BCUT2D eigenvalue weighted by atomic mass is 35.5. The second-order valence-electron chi connectivity index (χ2n) is 5.75. The van der Waals surface area contributed by atoms with Crippen molar-refractivity contribution in [2.45, 2.75) is 57.6 Å². The van der Waals surface area contributed by atoms with E-state index < -0.39 is 0 Å². The maximum atomic E-state index is 6.36. The molecular weight excluding hydrogens is 288 g/mol. The Kier molecular flexibility index (Phi) is 3.97. The zero-order valence-electron chi connectivity index (χ0n) is 13.1. The summed E-state index contributed by atoms with van der Waals surface area (Å²) in [6.45, 7) is 6.92. The average molecular weight is 311 g/mol. The maximum Gasteiger partial charge on any atom is 0.158 e. The Morgan fingerprint density at radius 2 is 2.10 bits per heavy atom. The van der Waals surface area contributed by atoms with Gasteiger partial charge < -0.3 is 9.30 Å². The fourth-order valence-electron chi connectivity index (χ4n) is 3.22. The van der Waals surface area contributed by atoms with Crippen LogP contribution in [-0.4, -0.2) is 32.0 Å². The van der Waals surface area contributed by atoms with Gasteiger partial charge in [-0.25, -0.2) is 4.98 Å². The van der Waals surface area contributed by atoms with Gasteiger partial charge in [-0.1, -0.05) is 6.92 Å². The fraction of sp³-hybridized carbons (Fsp3) is 0.733. The minimum absolute atomic E-state index is 0.103. The molecule has 2 aromatic heterocycles. The molecule has 5 nitrogen and oxygen atoms in total. The molecule has 21 heavy (non-hydrogen) atoms. The van der Waals surface area contributed by atoms with E-state index in [0.717, 1.165) is 48.6 Å². The number of ether oxygens (including phenoxy) is 1. The molecule has 0 bridgehead atoms. The molecule has 0 N–H and O–H groups in total. The Bertz CT molecular complexity index is 640. The molecule has 0 radical (unpaired) electrons. The quantitative estimate of drug-likeness (QED) is 0.795. The minimum Gasteiger partial charge on any atom is -0.378 e. The summed E-state index contributed by atoms with van der Waals surface area (Å²) in [5, 5.41) is 4.48. The van der Waals surface area contributed by atoms with Gasteiger partial charge in [0.2, 0.25) is 0 Å². The number of alkyl halides is 1. The molecule has 0 saturated heterocycles. The summed E-state index contributed by atoms with van der Waals surface area (Å²) in [4.78, 5) is 4.78. The summed E-state index contributed by atoms with van der Waals surface area (Å²) in [6.07, 6.45) is 3.32. The van der Waals surface area contributed by atoms with E-state index in [1.807, 2.05) is 25.6 Å². The number of nitrogens with zero attached hydrogens (tertiary/aromatic N) is 4. The van der Waals surface area contributed by atoms with E-state index in [4.69, 9.17) is 21.3 Å². The molecule has 1 unspecified atom stereocenters. The van der Waals surface area contributed by atoms with Crippen LogP contribution in [0.3, 0.4) is 0 Å². The van der Waals surface area contributed by atoms with Crippen LogP contribution in [0, 0.1) is 0 Å². The van der Waals surface area contributed by atoms with Crippen LogP contribution in [0.4, 0.5) is 0 Å². The minimum atomic E-state index is -0.103. The SMILES string of the molecule is CCOC1CC(n2c(C(C)Cl)nc3c(CC)nn(C)c32)C1.